The molecule has 1 aliphatic rings. The number of nitrogens with zero attached hydrogens (tertiary/aromatic N) is 3. The van der Waals surface area contributed by atoms with Gasteiger partial charge in [0.2, 0.25) is 11.8 Å². The van der Waals surface area contributed by atoms with E-state index < -0.39 is 0 Å². The van der Waals surface area contributed by atoms with E-state index in [0.29, 0.717) is 23.0 Å². The quantitative estimate of drug-likeness (QED) is 0.929. The number of amides is 2. The van der Waals surface area contributed by atoms with Gasteiger partial charge in [-0.2, -0.15) is 4.98 Å². The standard InChI is InChI=1S/C16H18N4O3/c1-11-17-14(19-23-11)10-15(21)18-13-6-4-5-12(9-13)16(22)20-7-2-3-8-20/h4-6,9H,2-3,7-8,10H2,1H3,(H,18,21). The van der Waals surface area contributed by atoms with Crippen LogP contribution in [0.25, 0.3) is 0 Å². The third-order valence-corrected chi connectivity index (χ3v) is 3.67. The molecule has 120 valence electrons. The fourth-order valence-corrected chi connectivity index (χ4v) is 2.59. The molecule has 1 saturated heterocycles. The van der Waals surface area contributed by atoms with E-state index >= 15 is 0 Å². The molecule has 1 aliphatic heterocycles. The summed E-state index contributed by atoms with van der Waals surface area (Å²) in [4.78, 5) is 30.2. The van der Waals surface area contributed by atoms with Crippen molar-refractivity contribution in [2.75, 3.05) is 18.4 Å². The predicted octanol–water partition coefficient (Wildman–Crippen LogP) is 1.80. The summed E-state index contributed by atoms with van der Waals surface area (Å²) in [7, 11) is 0. The van der Waals surface area contributed by atoms with Crippen LogP contribution in [0.15, 0.2) is 28.8 Å². The number of anilines is 1. The predicted molar refractivity (Wildman–Crippen MR) is 82.9 cm³/mol. The molecule has 23 heavy (non-hydrogen) atoms. The van der Waals surface area contributed by atoms with Gasteiger partial charge >= 0.3 is 0 Å². The van der Waals surface area contributed by atoms with Crippen molar-refractivity contribution < 1.29 is 14.1 Å². The lowest BCUT2D eigenvalue weighted by molar-refractivity contribution is -0.115. The molecule has 0 unspecified atom stereocenters. The van der Waals surface area contributed by atoms with Crippen molar-refractivity contribution in [2.24, 2.45) is 0 Å². The molecule has 1 fully saturated rings. The Balaban J connectivity index is 1.65. The molecule has 0 saturated carbocycles. The average Bonchev–Trinajstić information content (AvgIpc) is 3.18. The van der Waals surface area contributed by atoms with Crippen LogP contribution in [0.1, 0.15) is 34.9 Å². The van der Waals surface area contributed by atoms with Crippen molar-refractivity contribution in [3.05, 3.63) is 41.5 Å². The van der Waals surface area contributed by atoms with Crippen LogP contribution < -0.4 is 5.32 Å². The van der Waals surface area contributed by atoms with Gasteiger partial charge in [-0.05, 0) is 31.0 Å². The van der Waals surface area contributed by atoms with Gasteiger partial charge in [0.15, 0.2) is 5.82 Å². The highest BCUT2D eigenvalue weighted by atomic mass is 16.5. The number of nitrogens with one attached hydrogen (secondary N) is 1. The second-order valence-corrected chi connectivity index (χ2v) is 5.53. The Labute approximate surface area is 133 Å². The summed E-state index contributed by atoms with van der Waals surface area (Å²) >= 11 is 0. The molecule has 0 aliphatic carbocycles. The van der Waals surface area contributed by atoms with Crippen molar-refractivity contribution in [1.82, 2.24) is 15.0 Å². The molecule has 2 amide bonds. The van der Waals surface area contributed by atoms with Crippen LogP contribution in [-0.2, 0) is 11.2 Å². The molecule has 7 heteroatoms. The van der Waals surface area contributed by atoms with Crippen molar-refractivity contribution in [3.8, 4) is 0 Å². The van der Waals surface area contributed by atoms with E-state index in [0.717, 1.165) is 25.9 Å². The Bertz CT molecular complexity index is 720. The summed E-state index contributed by atoms with van der Waals surface area (Å²) in [5.41, 5.74) is 1.17. The van der Waals surface area contributed by atoms with E-state index in [1.54, 1.807) is 31.2 Å². The fourth-order valence-electron chi connectivity index (χ4n) is 2.59. The molecule has 1 N–H and O–H groups in total. The monoisotopic (exact) mass is 314 g/mol. The highest BCUT2D eigenvalue weighted by Crippen LogP contribution is 2.16. The number of rotatable bonds is 4. The Hall–Kier alpha value is -2.70. The molecule has 0 atom stereocenters. The fraction of sp³-hybridized carbons (Fsp3) is 0.375. The van der Waals surface area contributed by atoms with Gasteiger partial charge < -0.3 is 14.7 Å². The average molecular weight is 314 g/mol. The third-order valence-electron chi connectivity index (χ3n) is 3.67. The summed E-state index contributed by atoms with van der Waals surface area (Å²) in [6.45, 7) is 3.26. The zero-order valence-corrected chi connectivity index (χ0v) is 12.9. The molecule has 0 radical (unpaired) electrons. The van der Waals surface area contributed by atoms with E-state index in [-0.39, 0.29) is 18.2 Å². The summed E-state index contributed by atoms with van der Waals surface area (Å²) in [6, 6.07) is 6.97. The lowest BCUT2D eigenvalue weighted by atomic mass is 10.1. The SMILES string of the molecule is Cc1nc(CC(=O)Nc2cccc(C(=O)N3CCCC3)c2)no1. The van der Waals surface area contributed by atoms with E-state index in [4.69, 9.17) is 4.52 Å². The molecule has 2 aromatic rings. The molecule has 2 heterocycles. The molecule has 1 aromatic heterocycles. The van der Waals surface area contributed by atoms with Crippen molar-refractivity contribution >= 4 is 17.5 Å². The van der Waals surface area contributed by atoms with Gasteiger partial charge in [0, 0.05) is 31.3 Å². The van der Waals surface area contributed by atoms with Gasteiger partial charge in [0.1, 0.15) is 0 Å². The molecular formula is C16H18N4O3. The number of aryl methyl sites for hydroxylation is 1. The largest absolute Gasteiger partial charge is 0.340 e. The normalized spacial score (nSPS) is 14.0. The first-order chi connectivity index (χ1) is 11.1. The number of benzene rings is 1. The Morgan fingerprint density at radius 2 is 2.09 bits per heavy atom. The van der Waals surface area contributed by atoms with E-state index in [2.05, 4.69) is 15.5 Å². The molecule has 0 bridgehead atoms. The smallest absolute Gasteiger partial charge is 0.253 e. The van der Waals surface area contributed by atoms with Crippen molar-refractivity contribution in [2.45, 2.75) is 26.2 Å². The first-order valence-electron chi connectivity index (χ1n) is 7.60. The van der Waals surface area contributed by atoms with E-state index in [9.17, 15) is 9.59 Å². The minimum absolute atomic E-state index is 0.00684. The topological polar surface area (TPSA) is 88.3 Å². The van der Waals surface area contributed by atoms with Gasteiger partial charge in [-0.3, -0.25) is 9.59 Å². The molecule has 1 aromatic carbocycles. The van der Waals surface area contributed by atoms with Crippen LogP contribution in [0.3, 0.4) is 0 Å². The number of hydrogen-bond acceptors (Lipinski definition) is 5. The first kappa shape index (κ1) is 15.2. The molecule has 7 nitrogen and oxygen atoms in total. The van der Waals surface area contributed by atoms with Crippen LogP contribution >= 0.6 is 0 Å². The maximum atomic E-state index is 12.4. The minimum Gasteiger partial charge on any atom is -0.340 e. The van der Waals surface area contributed by atoms with Gasteiger partial charge in [-0.15, -0.1) is 0 Å². The maximum Gasteiger partial charge on any atom is 0.253 e. The van der Waals surface area contributed by atoms with Crippen LogP contribution in [0.5, 0.6) is 0 Å². The Kier molecular flexibility index (Phi) is 4.36. The van der Waals surface area contributed by atoms with Gasteiger partial charge in [-0.1, -0.05) is 11.2 Å². The summed E-state index contributed by atoms with van der Waals surface area (Å²) in [6.07, 6.45) is 2.13. The number of carbonyl (C=O) groups excluding carboxylic acids is 2. The van der Waals surface area contributed by atoms with Gasteiger partial charge in [0.05, 0.1) is 6.42 Å². The zero-order chi connectivity index (χ0) is 16.2. The summed E-state index contributed by atoms with van der Waals surface area (Å²) in [5, 5.41) is 6.44. The Morgan fingerprint density at radius 3 is 2.78 bits per heavy atom. The molecular weight excluding hydrogens is 296 g/mol. The molecule has 3 rings (SSSR count). The van der Waals surface area contributed by atoms with E-state index in [1.165, 1.54) is 0 Å². The second kappa shape index (κ2) is 6.60. The lowest BCUT2D eigenvalue weighted by Gasteiger charge is -2.15. The maximum absolute atomic E-state index is 12.4. The number of likely N-dealkylation sites (tertiary alicyclic amines) is 1. The van der Waals surface area contributed by atoms with Crippen LogP contribution in [0.4, 0.5) is 5.69 Å². The number of aromatic nitrogens is 2. The van der Waals surface area contributed by atoms with Gasteiger partial charge in [-0.25, -0.2) is 0 Å². The van der Waals surface area contributed by atoms with E-state index in [1.807, 2.05) is 4.90 Å². The van der Waals surface area contributed by atoms with Crippen molar-refractivity contribution in [3.63, 3.8) is 0 Å². The summed E-state index contributed by atoms with van der Waals surface area (Å²) in [5.74, 6) is 0.513. The number of hydrogen-bond donors (Lipinski definition) is 1. The zero-order valence-electron chi connectivity index (χ0n) is 12.9. The highest BCUT2D eigenvalue weighted by Gasteiger charge is 2.19. The highest BCUT2D eigenvalue weighted by molar-refractivity contribution is 5.97. The second-order valence-electron chi connectivity index (χ2n) is 5.53. The summed E-state index contributed by atoms with van der Waals surface area (Å²) < 4.78 is 4.83. The van der Waals surface area contributed by atoms with Crippen molar-refractivity contribution in [1.29, 1.82) is 0 Å². The van der Waals surface area contributed by atoms with Gasteiger partial charge in [0.25, 0.3) is 5.91 Å². The van der Waals surface area contributed by atoms with Crippen LogP contribution in [0, 0.1) is 6.92 Å². The molecule has 0 spiro atoms. The van der Waals surface area contributed by atoms with Crippen LogP contribution in [-0.4, -0.2) is 39.9 Å². The third kappa shape index (κ3) is 3.74. The van der Waals surface area contributed by atoms with Crippen LogP contribution in [0.2, 0.25) is 0 Å². The minimum atomic E-state index is -0.253. The number of carbonyl (C=O) groups is 2. The first-order valence-corrected chi connectivity index (χ1v) is 7.60. The Morgan fingerprint density at radius 1 is 1.30 bits per heavy atom. The lowest BCUT2D eigenvalue weighted by Crippen LogP contribution is -2.27.